The number of carboxylic acid groups (broad SMARTS) is 1. The van der Waals surface area contributed by atoms with Gasteiger partial charge in [-0.1, -0.05) is 0 Å². The SMILES string of the molecule is O=C(O)C[C@H]1CC[C@@H](C2CCN(c3ccc(-c4nnc(-c5ccsc5)[nH]4)cn3)CC2)CC1. The molecule has 3 aromatic rings. The van der Waals surface area contributed by atoms with Crippen LogP contribution < -0.4 is 4.90 Å². The van der Waals surface area contributed by atoms with Gasteiger partial charge in [-0.2, -0.15) is 11.3 Å². The lowest BCUT2D eigenvalue weighted by molar-refractivity contribution is -0.138. The summed E-state index contributed by atoms with van der Waals surface area (Å²) >= 11 is 1.64. The first-order valence-electron chi connectivity index (χ1n) is 11.5. The van der Waals surface area contributed by atoms with Gasteiger partial charge in [0.15, 0.2) is 11.6 Å². The molecule has 2 fully saturated rings. The Morgan fingerprint density at radius 3 is 2.34 bits per heavy atom. The van der Waals surface area contributed by atoms with E-state index >= 15 is 0 Å². The maximum atomic E-state index is 11.0. The van der Waals surface area contributed by atoms with Gasteiger partial charge in [0.25, 0.3) is 0 Å². The van der Waals surface area contributed by atoms with E-state index in [1.54, 1.807) is 11.3 Å². The third-order valence-corrected chi connectivity index (χ3v) is 7.87. The lowest BCUT2D eigenvalue weighted by Crippen LogP contribution is -2.37. The monoisotopic (exact) mass is 451 g/mol. The molecule has 1 aliphatic heterocycles. The molecule has 0 spiro atoms. The van der Waals surface area contributed by atoms with Gasteiger partial charge in [-0.15, -0.1) is 10.2 Å². The summed E-state index contributed by atoms with van der Waals surface area (Å²) in [5.41, 5.74) is 1.99. The number of carbonyl (C=O) groups is 1. The van der Waals surface area contributed by atoms with E-state index in [9.17, 15) is 4.79 Å². The minimum absolute atomic E-state index is 0.343. The Morgan fingerprint density at radius 2 is 1.72 bits per heavy atom. The summed E-state index contributed by atoms with van der Waals surface area (Å²) in [6.07, 6.45) is 9.17. The molecule has 4 heterocycles. The largest absolute Gasteiger partial charge is 0.481 e. The van der Waals surface area contributed by atoms with Crippen LogP contribution in [0.2, 0.25) is 0 Å². The second kappa shape index (κ2) is 9.40. The first kappa shape index (κ1) is 21.1. The molecule has 5 rings (SSSR count). The Hall–Kier alpha value is -2.74. The van der Waals surface area contributed by atoms with Crippen LogP contribution in [0.4, 0.5) is 5.82 Å². The van der Waals surface area contributed by atoms with Crippen LogP contribution in [-0.4, -0.2) is 44.3 Å². The maximum absolute atomic E-state index is 11.0. The van der Waals surface area contributed by atoms with Crippen LogP contribution in [0.1, 0.15) is 44.9 Å². The molecule has 3 aromatic heterocycles. The van der Waals surface area contributed by atoms with E-state index in [0.29, 0.717) is 12.3 Å². The number of aromatic nitrogens is 4. The van der Waals surface area contributed by atoms with E-state index in [4.69, 9.17) is 10.1 Å². The first-order valence-corrected chi connectivity index (χ1v) is 12.5. The molecule has 168 valence electrons. The fraction of sp³-hybridized carbons (Fsp3) is 0.500. The van der Waals surface area contributed by atoms with E-state index in [2.05, 4.69) is 37.6 Å². The molecule has 1 saturated carbocycles. The molecule has 0 radical (unpaired) electrons. The molecular formula is C24H29N5O2S. The van der Waals surface area contributed by atoms with Crippen molar-refractivity contribution in [1.29, 1.82) is 0 Å². The molecule has 0 unspecified atom stereocenters. The van der Waals surface area contributed by atoms with Crippen LogP contribution in [0.5, 0.6) is 0 Å². The topological polar surface area (TPSA) is 95.0 Å². The zero-order valence-corrected chi connectivity index (χ0v) is 18.9. The van der Waals surface area contributed by atoms with E-state index < -0.39 is 5.97 Å². The van der Waals surface area contributed by atoms with Gasteiger partial charge in [0.05, 0.1) is 0 Å². The number of carboxylic acids is 1. The van der Waals surface area contributed by atoms with Gasteiger partial charge in [0.1, 0.15) is 5.82 Å². The smallest absolute Gasteiger partial charge is 0.303 e. The number of hydrogen-bond donors (Lipinski definition) is 2. The van der Waals surface area contributed by atoms with Gasteiger partial charge in [-0.3, -0.25) is 4.79 Å². The number of hydrogen-bond acceptors (Lipinski definition) is 6. The molecule has 0 amide bonds. The number of piperidine rings is 1. The molecule has 0 atom stereocenters. The third-order valence-electron chi connectivity index (χ3n) is 7.19. The molecule has 2 N–H and O–H groups in total. The number of H-pyrrole nitrogens is 1. The van der Waals surface area contributed by atoms with Gasteiger partial charge >= 0.3 is 5.97 Å². The van der Waals surface area contributed by atoms with Gasteiger partial charge < -0.3 is 15.0 Å². The molecule has 32 heavy (non-hydrogen) atoms. The van der Waals surface area contributed by atoms with Crippen LogP contribution >= 0.6 is 11.3 Å². The van der Waals surface area contributed by atoms with Crippen LogP contribution in [0.3, 0.4) is 0 Å². The van der Waals surface area contributed by atoms with Crippen molar-refractivity contribution < 1.29 is 9.90 Å². The van der Waals surface area contributed by atoms with Crippen molar-refractivity contribution in [1.82, 2.24) is 20.2 Å². The van der Waals surface area contributed by atoms with Gasteiger partial charge in [-0.05, 0) is 79.9 Å². The normalized spacial score (nSPS) is 22.2. The average molecular weight is 452 g/mol. The van der Waals surface area contributed by atoms with Crippen LogP contribution in [-0.2, 0) is 4.79 Å². The van der Waals surface area contributed by atoms with Crippen molar-refractivity contribution in [2.24, 2.45) is 17.8 Å². The highest BCUT2D eigenvalue weighted by atomic mass is 32.1. The number of aliphatic carboxylic acids is 1. The molecule has 7 nitrogen and oxygen atoms in total. The van der Waals surface area contributed by atoms with Gasteiger partial charge in [-0.25, -0.2) is 4.98 Å². The van der Waals surface area contributed by atoms with Crippen molar-refractivity contribution in [2.75, 3.05) is 18.0 Å². The number of aromatic amines is 1. The third kappa shape index (κ3) is 4.70. The number of thiophene rings is 1. The van der Waals surface area contributed by atoms with E-state index in [1.165, 1.54) is 25.7 Å². The van der Waals surface area contributed by atoms with Crippen LogP contribution in [0, 0.1) is 17.8 Å². The second-order valence-corrected chi connectivity index (χ2v) is 9.92. The highest BCUT2D eigenvalue weighted by Gasteiger charge is 2.31. The number of anilines is 1. The Labute approximate surface area is 191 Å². The first-order chi connectivity index (χ1) is 15.7. The Morgan fingerprint density at radius 1 is 1.00 bits per heavy atom. The van der Waals surface area contributed by atoms with Crippen LogP contribution in [0.25, 0.3) is 22.8 Å². The summed E-state index contributed by atoms with van der Waals surface area (Å²) in [5.74, 6) is 3.81. The van der Waals surface area contributed by atoms with Crippen molar-refractivity contribution in [2.45, 2.75) is 44.9 Å². The zero-order valence-electron chi connectivity index (χ0n) is 18.1. The molecule has 1 aliphatic carbocycles. The summed E-state index contributed by atoms with van der Waals surface area (Å²) in [5, 5.41) is 21.6. The quantitative estimate of drug-likeness (QED) is 0.542. The van der Waals surface area contributed by atoms with Crippen molar-refractivity contribution in [3.63, 3.8) is 0 Å². The Balaban J connectivity index is 1.14. The summed E-state index contributed by atoms with van der Waals surface area (Å²) in [4.78, 5) is 21.3. The number of nitrogens with zero attached hydrogens (tertiary/aromatic N) is 4. The number of rotatable bonds is 6. The molecule has 1 saturated heterocycles. The van der Waals surface area contributed by atoms with Gasteiger partial charge in [0, 0.05) is 42.2 Å². The van der Waals surface area contributed by atoms with Crippen LogP contribution in [0.15, 0.2) is 35.2 Å². The number of pyridine rings is 1. The zero-order chi connectivity index (χ0) is 21.9. The predicted octanol–water partition coefficient (Wildman–Crippen LogP) is 5.09. The average Bonchev–Trinajstić information content (AvgIpc) is 3.52. The number of nitrogens with one attached hydrogen (secondary N) is 1. The molecule has 8 heteroatoms. The summed E-state index contributed by atoms with van der Waals surface area (Å²) in [7, 11) is 0. The molecule has 2 aliphatic rings. The van der Waals surface area contributed by atoms with E-state index in [1.807, 2.05) is 17.6 Å². The lowest BCUT2D eigenvalue weighted by atomic mass is 9.72. The Bertz CT molecular complexity index is 1020. The summed E-state index contributed by atoms with van der Waals surface area (Å²) in [6.45, 7) is 2.08. The van der Waals surface area contributed by atoms with Crippen molar-refractivity contribution in [3.05, 3.63) is 35.2 Å². The fourth-order valence-corrected chi connectivity index (χ4v) is 5.99. The minimum atomic E-state index is -0.647. The van der Waals surface area contributed by atoms with Gasteiger partial charge in [0.2, 0.25) is 0 Å². The van der Waals surface area contributed by atoms with E-state index in [0.717, 1.165) is 66.4 Å². The molecular weight excluding hydrogens is 422 g/mol. The van der Waals surface area contributed by atoms with E-state index in [-0.39, 0.29) is 0 Å². The lowest BCUT2D eigenvalue weighted by Gasteiger charge is -2.39. The Kier molecular flexibility index (Phi) is 6.21. The summed E-state index contributed by atoms with van der Waals surface area (Å²) < 4.78 is 0. The fourth-order valence-electron chi connectivity index (χ4n) is 5.35. The second-order valence-electron chi connectivity index (χ2n) is 9.14. The summed E-state index contributed by atoms with van der Waals surface area (Å²) in [6, 6.07) is 6.18. The maximum Gasteiger partial charge on any atom is 0.303 e. The highest BCUT2D eigenvalue weighted by molar-refractivity contribution is 7.08. The van der Waals surface area contributed by atoms with Crippen molar-refractivity contribution >= 4 is 23.1 Å². The van der Waals surface area contributed by atoms with Crippen molar-refractivity contribution in [3.8, 4) is 22.8 Å². The molecule has 0 aromatic carbocycles. The molecule has 0 bridgehead atoms. The predicted molar refractivity (Wildman–Crippen MR) is 126 cm³/mol. The highest BCUT2D eigenvalue weighted by Crippen LogP contribution is 2.39. The minimum Gasteiger partial charge on any atom is -0.481 e. The standard InChI is InChI=1S/C24H29N5O2S/c30-22(31)13-16-1-3-17(4-2-16)18-7-10-29(11-8-18)21-6-5-19(14-25-21)23-26-24(28-27-23)20-9-12-32-15-20/h5-6,9,12,14-18H,1-4,7-8,10-11,13H2,(H,30,31)(H,26,27,28)/t16-,17+.